The predicted octanol–water partition coefficient (Wildman–Crippen LogP) is 4.43. The van der Waals surface area contributed by atoms with Crippen LogP contribution in [0.3, 0.4) is 0 Å². The second-order valence-electron chi connectivity index (χ2n) is 9.28. The van der Waals surface area contributed by atoms with Crippen molar-refractivity contribution in [3.05, 3.63) is 60.7 Å². The molecule has 198 valence electrons. The summed E-state index contributed by atoms with van der Waals surface area (Å²) in [6.45, 7) is 0.149. The number of para-hydroxylation sites is 2. The Balaban J connectivity index is 1.11. The van der Waals surface area contributed by atoms with Gasteiger partial charge in [0.25, 0.3) is 11.8 Å². The molecule has 4 rings (SSSR count). The van der Waals surface area contributed by atoms with Crippen molar-refractivity contribution in [3.8, 4) is 0 Å². The van der Waals surface area contributed by atoms with Gasteiger partial charge in [0.1, 0.15) is 13.1 Å². The van der Waals surface area contributed by atoms with Crippen LogP contribution in [0.1, 0.15) is 51.4 Å². The van der Waals surface area contributed by atoms with Crippen LogP contribution in [0, 0.1) is 0 Å². The highest BCUT2D eigenvalue weighted by Crippen LogP contribution is 2.23. The molecule has 8 nitrogen and oxygen atoms in total. The van der Waals surface area contributed by atoms with E-state index in [-0.39, 0.29) is 59.8 Å². The first-order valence-corrected chi connectivity index (χ1v) is 13.6. The van der Waals surface area contributed by atoms with Crippen molar-refractivity contribution in [2.24, 2.45) is 0 Å². The standard InChI is InChI=1S/C28H30N4O4S2/c33-23(31-25(35)19-29(27(31)37)21-13-7-5-8-14-21)17-11-3-1-2-4-12-18-24(34)32-26(36)20-30(28(32)38)22-15-9-6-10-16-22/h5-10,13-16H,1-4,11-12,17-20H2. The lowest BCUT2D eigenvalue weighted by Gasteiger charge is -2.19. The van der Waals surface area contributed by atoms with Crippen LogP contribution in [-0.2, 0) is 19.2 Å². The first-order valence-electron chi connectivity index (χ1n) is 12.8. The Morgan fingerprint density at radius 1 is 0.579 bits per heavy atom. The van der Waals surface area contributed by atoms with Gasteiger partial charge in [0.2, 0.25) is 11.8 Å². The highest BCUT2D eigenvalue weighted by Gasteiger charge is 2.38. The molecular formula is C28H30N4O4S2. The molecule has 38 heavy (non-hydrogen) atoms. The van der Waals surface area contributed by atoms with Crippen LogP contribution in [0.5, 0.6) is 0 Å². The predicted molar refractivity (Wildman–Crippen MR) is 153 cm³/mol. The maximum atomic E-state index is 12.7. The summed E-state index contributed by atoms with van der Waals surface area (Å²) in [6, 6.07) is 18.7. The molecule has 0 aromatic heterocycles. The highest BCUT2D eigenvalue weighted by molar-refractivity contribution is 7.80. The molecule has 0 aliphatic carbocycles. The molecule has 2 saturated heterocycles. The second-order valence-corrected chi connectivity index (χ2v) is 10.0. The zero-order valence-electron chi connectivity index (χ0n) is 21.1. The van der Waals surface area contributed by atoms with E-state index in [0.29, 0.717) is 12.8 Å². The van der Waals surface area contributed by atoms with E-state index >= 15 is 0 Å². The van der Waals surface area contributed by atoms with Crippen LogP contribution < -0.4 is 9.80 Å². The van der Waals surface area contributed by atoms with Crippen molar-refractivity contribution >= 4 is 69.7 Å². The summed E-state index contributed by atoms with van der Waals surface area (Å²) in [5.74, 6) is -1.12. The summed E-state index contributed by atoms with van der Waals surface area (Å²) >= 11 is 10.8. The number of unbranched alkanes of at least 4 members (excludes halogenated alkanes) is 5. The Morgan fingerprint density at radius 2 is 0.921 bits per heavy atom. The van der Waals surface area contributed by atoms with Crippen LogP contribution in [0.15, 0.2) is 60.7 Å². The number of imide groups is 2. The van der Waals surface area contributed by atoms with Gasteiger partial charge in [0.15, 0.2) is 10.2 Å². The van der Waals surface area contributed by atoms with Crippen LogP contribution in [0.25, 0.3) is 0 Å². The highest BCUT2D eigenvalue weighted by atomic mass is 32.1. The van der Waals surface area contributed by atoms with E-state index in [4.69, 9.17) is 24.4 Å². The quantitative estimate of drug-likeness (QED) is 0.300. The fourth-order valence-electron chi connectivity index (χ4n) is 4.60. The molecule has 2 aliphatic rings. The summed E-state index contributed by atoms with van der Waals surface area (Å²) in [5, 5.41) is 0.470. The van der Waals surface area contributed by atoms with E-state index in [0.717, 1.165) is 46.9 Å². The van der Waals surface area contributed by atoms with Gasteiger partial charge in [-0.05, 0) is 61.5 Å². The molecular weight excluding hydrogens is 520 g/mol. The van der Waals surface area contributed by atoms with Gasteiger partial charge in [-0.3, -0.25) is 19.2 Å². The van der Waals surface area contributed by atoms with Crippen LogP contribution in [0.4, 0.5) is 11.4 Å². The van der Waals surface area contributed by atoms with E-state index in [2.05, 4.69) is 0 Å². The molecule has 0 saturated carbocycles. The third-order valence-corrected chi connectivity index (χ3v) is 7.40. The Hall–Kier alpha value is -3.50. The monoisotopic (exact) mass is 550 g/mol. The average molecular weight is 551 g/mol. The van der Waals surface area contributed by atoms with Crippen molar-refractivity contribution in [2.75, 3.05) is 22.9 Å². The molecule has 2 aliphatic heterocycles. The minimum atomic E-state index is -0.295. The summed E-state index contributed by atoms with van der Waals surface area (Å²) in [6.07, 6.45) is 5.38. The number of hydrogen-bond acceptors (Lipinski definition) is 6. The van der Waals surface area contributed by atoms with E-state index in [1.807, 2.05) is 60.7 Å². The summed E-state index contributed by atoms with van der Waals surface area (Å²) in [5.41, 5.74) is 1.59. The number of thiocarbonyl (C=S) groups is 2. The third-order valence-electron chi connectivity index (χ3n) is 6.60. The van der Waals surface area contributed by atoms with Crippen molar-refractivity contribution < 1.29 is 19.2 Å². The second kappa shape index (κ2) is 12.8. The molecule has 0 radical (unpaired) electrons. The van der Waals surface area contributed by atoms with Crippen molar-refractivity contribution in [2.45, 2.75) is 51.4 Å². The molecule has 0 spiro atoms. The van der Waals surface area contributed by atoms with Gasteiger partial charge in [0, 0.05) is 24.2 Å². The molecule has 0 N–H and O–H groups in total. The molecule has 2 heterocycles. The number of rotatable bonds is 11. The summed E-state index contributed by atoms with van der Waals surface area (Å²) < 4.78 is 0. The lowest BCUT2D eigenvalue weighted by molar-refractivity contribution is -0.139. The van der Waals surface area contributed by atoms with Gasteiger partial charge in [-0.25, -0.2) is 9.80 Å². The largest absolute Gasteiger partial charge is 0.309 e. The summed E-state index contributed by atoms with van der Waals surface area (Å²) in [7, 11) is 0. The van der Waals surface area contributed by atoms with Gasteiger partial charge in [-0.2, -0.15) is 0 Å². The number of benzene rings is 2. The van der Waals surface area contributed by atoms with Crippen molar-refractivity contribution in [1.29, 1.82) is 0 Å². The van der Waals surface area contributed by atoms with Gasteiger partial charge in [-0.15, -0.1) is 0 Å². The lowest BCUT2D eigenvalue weighted by atomic mass is 10.1. The molecule has 0 unspecified atom stereocenters. The van der Waals surface area contributed by atoms with Crippen LogP contribution in [0.2, 0.25) is 0 Å². The normalized spacial score (nSPS) is 15.7. The van der Waals surface area contributed by atoms with Gasteiger partial charge in [0.05, 0.1) is 0 Å². The number of hydrogen-bond donors (Lipinski definition) is 0. The van der Waals surface area contributed by atoms with Gasteiger partial charge in [-0.1, -0.05) is 62.1 Å². The molecule has 2 aromatic carbocycles. The molecule has 0 bridgehead atoms. The Kier molecular flexibility index (Phi) is 9.30. The molecule has 10 heteroatoms. The number of nitrogens with zero attached hydrogens (tertiary/aromatic N) is 4. The Morgan fingerprint density at radius 3 is 1.29 bits per heavy atom. The zero-order valence-corrected chi connectivity index (χ0v) is 22.7. The minimum absolute atomic E-state index is 0.0747. The van der Waals surface area contributed by atoms with E-state index in [1.54, 1.807) is 9.80 Å². The maximum Gasteiger partial charge on any atom is 0.255 e. The van der Waals surface area contributed by atoms with Crippen molar-refractivity contribution in [3.63, 3.8) is 0 Å². The molecule has 2 fully saturated rings. The minimum Gasteiger partial charge on any atom is -0.309 e. The van der Waals surface area contributed by atoms with Gasteiger partial charge >= 0.3 is 0 Å². The maximum absolute atomic E-state index is 12.7. The van der Waals surface area contributed by atoms with Crippen molar-refractivity contribution in [1.82, 2.24) is 9.80 Å². The fourth-order valence-corrected chi connectivity index (χ4v) is 5.34. The smallest absolute Gasteiger partial charge is 0.255 e. The number of amides is 4. The molecule has 0 atom stereocenters. The number of carbonyl (C=O) groups is 4. The lowest BCUT2D eigenvalue weighted by Crippen LogP contribution is -2.37. The number of carbonyl (C=O) groups excluding carboxylic acids is 4. The first-order chi connectivity index (χ1) is 18.4. The topological polar surface area (TPSA) is 81.2 Å². The third kappa shape index (κ3) is 6.31. The fraction of sp³-hybridized carbons (Fsp3) is 0.357. The van der Waals surface area contributed by atoms with E-state index in [1.165, 1.54) is 0 Å². The summed E-state index contributed by atoms with van der Waals surface area (Å²) in [4.78, 5) is 55.7. The zero-order chi connectivity index (χ0) is 27.1. The molecule has 2 aromatic rings. The van der Waals surface area contributed by atoms with E-state index < -0.39 is 0 Å². The molecule has 4 amide bonds. The first kappa shape index (κ1) is 27.5. The van der Waals surface area contributed by atoms with E-state index in [9.17, 15) is 19.2 Å². The van der Waals surface area contributed by atoms with Gasteiger partial charge < -0.3 is 9.80 Å². The SMILES string of the molecule is O=C(CCCCCCCCC(=O)N1C(=O)CN(c2ccccc2)C1=S)N1C(=O)CN(c2ccccc2)C1=S. The number of anilines is 2. The Bertz CT molecular complexity index is 1130. The average Bonchev–Trinajstić information content (AvgIpc) is 3.40. The Labute approximate surface area is 233 Å². The van der Waals surface area contributed by atoms with Crippen LogP contribution in [-0.4, -0.2) is 56.7 Å². The van der Waals surface area contributed by atoms with Crippen LogP contribution >= 0.6 is 24.4 Å².